The molecule has 0 spiro atoms. The van der Waals surface area contributed by atoms with E-state index in [9.17, 15) is 4.79 Å². The van der Waals surface area contributed by atoms with E-state index in [2.05, 4.69) is 28.8 Å². The second kappa shape index (κ2) is 5.24. The summed E-state index contributed by atoms with van der Waals surface area (Å²) in [4.78, 5) is 20.5. The number of nitrogens with zero attached hydrogens (tertiary/aromatic N) is 3. The van der Waals surface area contributed by atoms with Gasteiger partial charge in [-0.05, 0) is 20.4 Å². The predicted molar refractivity (Wildman–Crippen MR) is 72.8 cm³/mol. The number of hydrogen-bond donors (Lipinski definition) is 1. The molecule has 1 N–H and O–H groups in total. The maximum absolute atomic E-state index is 11.1. The lowest BCUT2D eigenvalue weighted by Crippen LogP contribution is -2.50. The van der Waals surface area contributed by atoms with Crippen LogP contribution in [0, 0.1) is 0 Å². The Kier molecular flexibility index (Phi) is 3.87. The van der Waals surface area contributed by atoms with Crippen molar-refractivity contribution in [2.24, 2.45) is 0 Å². The highest BCUT2D eigenvalue weighted by Crippen LogP contribution is 2.28. The van der Waals surface area contributed by atoms with Gasteiger partial charge in [0.15, 0.2) is 5.13 Å². The third-order valence-electron chi connectivity index (χ3n) is 3.45. The van der Waals surface area contributed by atoms with Crippen LogP contribution in [0.4, 0.5) is 5.13 Å². The van der Waals surface area contributed by atoms with Gasteiger partial charge in [0.05, 0.1) is 5.69 Å². The van der Waals surface area contributed by atoms with Crippen LogP contribution in [0.25, 0.3) is 0 Å². The lowest BCUT2D eigenvalue weighted by Gasteiger charge is -2.37. The van der Waals surface area contributed by atoms with Crippen LogP contribution in [0.5, 0.6) is 0 Å². The Hall–Kier alpha value is -1.14. The van der Waals surface area contributed by atoms with Crippen molar-refractivity contribution in [2.75, 3.05) is 31.6 Å². The number of aromatic carboxylic acids is 1. The van der Waals surface area contributed by atoms with Gasteiger partial charge >= 0.3 is 5.97 Å². The first kappa shape index (κ1) is 13.3. The SMILES string of the molecule is CCc1nc(N2CCN(C)C(C)C2)sc1C(=O)O. The lowest BCUT2D eigenvalue weighted by molar-refractivity contribution is 0.0701. The Labute approximate surface area is 111 Å². The van der Waals surface area contributed by atoms with Gasteiger partial charge in [0.1, 0.15) is 4.88 Å². The molecule has 1 aromatic rings. The topological polar surface area (TPSA) is 56.7 Å². The van der Waals surface area contributed by atoms with Gasteiger partial charge in [-0.25, -0.2) is 9.78 Å². The first-order valence-corrected chi connectivity index (χ1v) is 7.02. The Balaban J connectivity index is 2.21. The summed E-state index contributed by atoms with van der Waals surface area (Å²) in [5.74, 6) is -0.863. The number of carbonyl (C=O) groups is 1. The Morgan fingerprint density at radius 2 is 2.28 bits per heavy atom. The monoisotopic (exact) mass is 269 g/mol. The molecule has 1 atom stereocenters. The molecule has 0 amide bonds. The zero-order chi connectivity index (χ0) is 13.3. The second-order valence-electron chi connectivity index (χ2n) is 4.71. The van der Waals surface area contributed by atoms with E-state index in [1.807, 2.05) is 6.92 Å². The molecule has 1 aromatic heterocycles. The highest BCUT2D eigenvalue weighted by atomic mass is 32.1. The molecule has 5 nitrogen and oxygen atoms in total. The summed E-state index contributed by atoms with van der Waals surface area (Å²) in [5, 5.41) is 10.00. The molecular weight excluding hydrogens is 250 g/mol. The minimum atomic E-state index is -0.863. The van der Waals surface area contributed by atoms with Crippen LogP contribution in [0.3, 0.4) is 0 Å². The van der Waals surface area contributed by atoms with Crippen molar-refractivity contribution < 1.29 is 9.90 Å². The number of aromatic nitrogens is 1. The van der Waals surface area contributed by atoms with Crippen molar-refractivity contribution in [3.8, 4) is 0 Å². The standard InChI is InChI=1S/C12H19N3O2S/c1-4-9-10(11(16)17)18-12(13-9)15-6-5-14(3)8(2)7-15/h8H,4-7H2,1-3H3,(H,16,17). The highest BCUT2D eigenvalue weighted by molar-refractivity contribution is 7.17. The van der Waals surface area contributed by atoms with Crippen LogP contribution in [0.2, 0.25) is 0 Å². The van der Waals surface area contributed by atoms with Crippen LogP contribution >= 0.6 is 11.3 Å². The van der Waals surface area contributed by atoms with Crippen LogP contribution in [0.1, 0.15) is 29.2 Å². The van der Waals surface area contributed by atoms with E-state index in [4.69, 9.17) is 5.11 Å². The van der Waals surface area contributed by atoms with E-state index in [0.717, 1.165) is 24.8 Å². The predicted octanol–water partition coefficient (Wildman–Crippen LogP) is 1.54. The van der Waals surface area contributed by atoms with E-state index < -0.39 is 5.97 Å². The molecule has 1 saturated heterocycles. The number of anilines is 1. The van der Waals surface area contributed by atoms with Gasteiger partial charge in [-0.3, -0.25) is 0 Å². The molecule has 1 aliphatic heterocycles. The van der Waals surface area contributed by atoms with Crippen molar-refractivity contribution in [3.63, 3.8) is 0 Å². The smallest absolute Gasteiger partial charge is 0.347 e. The van der Waals surface area contributed by atoms with Gasteiger partial charge in [-0.2, -0.15) is 0 Å². The fourth-order valence-electron chi connectivity index (χ4n) is 2.10. The van der Waals surface area contributed by atoms with E-state index in [1.54, 1.807) is 0 Å². The fraction of sp³-hybridized carbons (Fsp3) is 0.667. The first-order chi connectivity index (χ1) is 8.52. The number of likely N-dealkylation sites (N-methyl/N-ethyl adjacent to an activating group) is 1. The molecule has 0 aliphatic carbocycles. The molecule has 0 saturated carbocycles. The number of rotatable bonds is 3. The van der Waals surface area contributed by atoms with E-state index in [1.165, 1.54) is 11.3 Å². The first-order valence-electron chi connectivity index (χ1n) is 6.21. The van der Waals surface area contributed by atoms with Crippen molar-refractivity contribution in [1.29, 1.82) is 0 Å². The summed E-state index contributed by atoms with van der Waals surface area (Å²) in [6.45, 7) is 6.93. The highest BCUT2D eigenvalue weighted by Gasteiger charge is 2.25. The van der Waals surface area contributed by atoms with Gasteiger partial charge in [0.25, 0.3) is 0 Å². The maximum Gasteiger partial charge on any atom is 0.347 e. The summed E-state index contributed by atoms with van der Waals surface area (Å²) >= 11 is 1.30. The molecule has 100 valence electrons. The van der Waals surface area contributed by atoms with Crippen molar-refractivity contribution >= 4 is 22.4 Å². The summed E-state index contributed by atoms with van der Waals surface area (Å²) < 4.78 is 0. The Morgan fingerprint density at radius 1 is 1.56 bits per heavy atom. The fourth-order valence-corrected chi connectivity index (χ4v) is 3.13. The lowest BCUT2D eigenvalue weighted by atomic mass is 10.2. The number of carboxylic acid groups (broad SMARTS) is 1. The molecule has 2 rings (SSSR count). The van der Waals surface area contributed by atoms with Crippen LogP contribution in [-0.4, -0.2) is 53.7 Å². The minimum Gasteiger partial charge on any atom is -0.477 e. The molecule has 2 heterocycles. The molecule has 0 bridgehead atoms. The molecule has 1 fully saturated rings. The van der Waals surface area contributed by atoms with Crippen LogP contribution in [0.15, 0.2) is 0 Å². The molecule has 0 radical (unpaired) electrons. The maximum atomic E-state index is 11.1. The zero-order valence-corrected chi connectivity index (χ0v) is 11.8. The summed E-state index contributed by atoms with van der Waals surface area (Å²) in [6.07, 6.45) is 0.668. The van der Waals surface area contributed by atoms with Crippen molar-refractivity contribution in [2.45, 2.75) is 26.3 Å². The van der Waals surface area contributed by atoms with Crippen LogP contribution in [-0.2, 0) is 6.42 Å². The Morgan fingerprint density at radius 3 is 2.78 bits per heavy atom. The minimum absolute atomic E-state index is 0.388. The summed E-state index contributed by atoms with van der Waals surface area (Å²) in [5.41, 5.74) is 0.703. The Bertz CT molecular complexity index is 447. The molecule has 0 aromatic carbocycles. The van der Waals surface area contributed by atoms with E-state index in [-0.39, 0.29) is 0 Å². The second-order valence-corrected chi connectivity index (χ2v) is 5.68. The number of hydrogen-bond acceptors (Lipinski definition) is 5. The van der Waals surface area contributed by atoms with Crippen molar-refractivity contribution in [3.05, 3.63) is 10.6 Å². The number of carboxylic acids is 1. The van der Waals surface area contributed by atoms with Crippen molar-refractivity contribution in [1.82, 2.24) is 9.88 Å². The number of piperazine rings is 1. The average molecular weight is 269 g/mol. The molecule has 18 heavy (non-hydrogen) atoms. The summed E-state index contributed by atoms with van der Waals surface area (Å²) in [6, 6.07) is 0.473. The van der Waals surface area contributed by atoms with Gasteiger partial charge in [-0.15, -0.1) is 0 Å². The van der Waals surface area contributed by atoms with Gasteiger partial charge in [-0.1, -0.05) is 18.3 Å². The molecule has 6 heteroatoms. The number of thiazole rings is 1. The zero-order valence-electron chi connectivity index (χ0n) is 11.0. The van der Waals surface area contributed by atoms with Crippen LogP contribution < -0.4 is 4.90 Å². The average Bonchev–Trinajstić information content (AvgIpc) is 2.77. The van der Waals surface area contributed by atoms with E-state index in [0.29, 0.717) is 23.0 Å². The van der Waals surface area contributed by atoms with Gasteiger partial charge in [0.2, 0.25) is 0 Å². The van der Waals surface area contributed by atoms with Gasteiger partial charge < -0.3 is 14.9 Å². The third-order valence-corrected chi connectivity index (χ3v) is 4.59. The number of aryl methyl sites for hydroxylation is 1. The largest absolute Gasteiger partial charge is 0.477 e. The summed E-state index contributed by atoms with van der Waals surface area (Å²) in [7, 11) is 2.12. The molecule has 1 aliphatic rings. The van der Waals surface area contributed by atoms with E-state index >= 15 is 0 Å². The molecular formula is C12H19N3O2S. The quantitative estimate of drug-likeness (QED) is 0.902. The molecule has 1 unspecified atom stereocenters. The van der Waals surface area contributed by atoms with Gasteiger partial charge in [0, 0.05) is 25.7 Å². The normalized spacial score (nSPS) is 21.3. The third kappa shape index (κ3) is 2.49.